The summed E-state index contributed by atoms with van der Waals surface area (Å²) in [5, 5.41) is 0. The van der Waals surface area contributed by atoms with Crippen molar-refractivity contribution in [3.63, 3.8) is 0 Å². The average Bonchev–Trinajstić information content (AvgIpc) is 2.16. The van der Waals surface area contributed by atoms with Crippen LogP contribution in [0, 0.1) is 0 Å². The van der Waals surface area contributed by atoms with E-state index in [4.69, 9.17) is 16.2 Å². The van der Waals surface area contributed by atoms with E-state index in [9.17, 15) is 0 Å². The van der Waals surface area contributed by atoms with E-state index in [1.54, 1.807) is 0 Å². The molecular weight excluding hydrogens is 176 g/mol. The number of rotatable bonds is 4. The van der Waals surface area contributed by atoms with Gasteiger partial charge in [0.05, 0.1) is 6.61 Å². The Labute approximate surface area is 85.0 Å². The first-order valence-corrected chi connectivity index (χ1v) is 4.93. The molecule has 0 amide bonds. The van der Waals surface area contributed by atoms with E-state index >= 15 is 0 Å². The molecule has 0 aliphatic rings. The van der Waals surface area contributed by atoms with Crippen LogP contribution in [0.1, 0.15) is 31.9 Å². The van der Waals surface area contributed by atoms with Gasteiger partial charge in [-0.15, -0.1) is 0 Å². The third-order valence-corrected chi connectivity index (χ3v) is 2.02. The molecule has 0 fully saturated rings. The first-order chi connectivity index (χ1) is 6.65. The van der Waals surface area contributed by atoms with Gasteiger partial charge in [-0.2, -0.15) is 0 Å². The minimum Gasteiger partial charge on any atom is -0.494 e. The zero-order valence-corrected chi connectivity index (χ0v) is 8.79. The second-order valence-corrected chi connectivity index (χ2v) is 3.43. The summed E-state index contributed by atoms with van der Waals surface area (Å²) in [5.74, 6) is 0.841. The van der Waals surface area contributed by atoms with Crippen LogP contribution in [0.3, 0.4) is 0 Å². The van der Waals surface area contributed by atoms with E-state index in [1.165, 1.54) is 0 Å². The van der Waals surface area contributed by atoms with Crippen molar-refractivity contribution in [1.82, 2.24) is 0 Å². The molecule has 3 nitrogen and oxygen atoms in total. The number of anilines is 1. The van der Waals surface area contributed by atoms with Crippen LogP contribution >= 0.6 is 0 Å². The van der Waals surface area contributed by atoms with Gasteiger partial charge in [0.15, 0.2) is 0 Å². The van der Waals surface area contributed by atoms with Gasteiger partial charge in [-0.3, -0.25) is 0 Å². The van der Waals surface area contributed by atoms with Crippen molar-refractivity contribution in [2.75, 3.05) is 12.3 Å². The topological polar surface area (TPSA) is 61.3 Å². The van der Waals surface area contributed by atoms with Crippen molar-refractivity contribution in [3.8, 4) is 5.75 Å². The molecule has 0 saturated heterocycles. The molecule has 1 aromatic carbocycles. The molecule has 1 atom stereocenters. The number of hydrogen-bond donors (Lipinski definition) is 2. The lowest BCUT2D eigenvalue weighted by Gasteiger charge is -2.12. The van der Waals surface area contributed by atoms with Gasteiger partial charge in [-0.05, 0) is 37.1 Å². The Balaban J connectivity index is 2.83. The van der Waals surface area contributed by atoms with E-state index < -0.39 is 0 Å². The zero-order chi connectivity index (χ0) is 10.6. The lowest BCUT2D eigenvalue weighted by molar-refractivity contribution is 0.317. The summed E-state index contributed by atoms with van der Waals surface area (Å²) in [6, 6.07) is 5.57. The lowest BCUT2D eigenvalue weighted by atomic mass is 10.1. The van der Waals surface area contributed by atoms with Gasteiger partial charge in [-0.1, -0.05) is 6.92 Å². The molecule has 1 aromatic rings. The van der Waals surface area contributed by atoms with Gasteiger partial charge in [0.25, 0.3) is 0 Å². The van der Waals surface area contributed by atoms with Gasteiger partial charge in [0, 0.05) is 11.7 Å². The van der Waals surface area contributed by atoms with Crippen molar-refractivity contribution in [1.29, 1.82) is 0 Å². The molecule has 0 radical (unpaired) electrons. The van der Waals surface area contributed by atoms with Crippen molar-refractivity contribution in [3.05, 3.63) is 23.8 Å². The molecule has 1 rings (SSSR count). The van der Waals surface area contributed by atoms with E-state index in [2.05, 4.69) is 6.92 Å². The summed E-state index contributed by atoms with van der Waals surface area (Å²) in [4.78, 5) is 0. The van der Waals surface area contributed by atoms with Crippen LogP contribution in [0.15, 0.2) is 18.2 Å². The predicted molar refractivity (Wildman–Crippen MR) is 59.2 cm³/mol. The summed E-state index contributed by atoms with van der Waals surface area (Å²) in [6.45, 7) is 4.71. The predicted octanol–water partition coefficient (Wildman–Crippen LogP) is 2.08. The first kappa shape index (κ1) is 10.9. The molecule has 0 bridgehead atoms. The Morgan fingerprint density at radius 1 is 1.43 bits per heavy atom. The second kappa shape index (κ2) is 4.86. The number of nitrogen functional groups attached to an aromatic ring is 1. The quantitative estimate of drug-likeness (QED) is 0.721. The minimum absolute atomic E-state index is 0.0554. The molecule has 1 unspecified atom stereocenters. The number of ether oxygens (including phenoxy) is 1. The highest BCUT2D eigenvalue weighted by Gasteiger charge is 2.05. The third-order valence-electron chi connectivity index (χ3n) is 2.02. The first-order valence-electron chi connectivity index (χ1n) is 4.93. The highest BCUT2D eigenvalue weighted by Crippen LogP contribution is 2.24. The largest absolute Gasteiger partial charge is 0.494 e. The summed E-state index contributed by atoms with van der Waals surface area (Å²) in [5.41, 5.74) is 13.2. The van der Waals surface area contributed by atoms with Crippen LogP contribution in [0.5, 0.6) is 5.75 Å². The summed E-state index contributed by atoms with van der Waals surface area (Å²) < 4.78 is 5.49. The van der Waals surface area contributed by atoms with Crippen LogP contribution < -0.4 is 16.2 Å². The molecule has 14 heavy (non-hydrogen) atoms. The van der Waals surface area contributed by atoms with Crippen LogP contribution in [-0.2, 0) is 0 Å². The molecule has 0 aliphatic carbocycles. The van der Waals surface area contributed by atoms with E-state index in [0.717, 1.165) is 30.0 Å². The molecule has 4 N–H and O–H groups in total. The second-order valence-electron chi connectivity index (χ2n) is 3.43. The minimum atomic E-state index is -0.0554. The van der Waals surface area contributed by atoms with Gasteiger partial charge in [0.1, 0.15) is 5.75 Å². The van der Waals surface area contributed by atoms with Crippen LogP contribution in [0.2, 0.25) is 0 Å². The fourth-order valence-electron chi connectivity index (χ4n) is 1.26. The number of hydrogen-bond acceptors (Lipinski definition) is 3. The van der Waals surface area contributed by atoms with Gasteiger partial charge in [-0.25, -0.2) is 0 Å². The number of nitrogens with two attached hydrogens (primary N) is 2. The van der Waals surface area contributed by atoms with Crippen LogP contribution in [-0.4, -0.2) is 6.61 Å². The van der Waals surface area contributed by atoms with E-state index in [1.807, 2.05) is 25.1 Å². The smallest absolute Gasteiger partial charge is 0.119 e. The summed E-state index contributed by atoms with van der Waals surface area (Å²) in [7, 11) is 0. The highest BCUT2D eigenvalue weighted by molar-refractivity contribution is 5.51. The molecule has 78 valence electrons. The summed E-state index contributed by atoms with van der Waals surface area (Å²) >= 11 is 0. The van der Waals surface area contributed by atoms with Gasteiger partial charge < -0.3 is 16.2 Å². The molecule has 0 heterocycles. The Morgan fingerprint density at radius 3 is 2.71 bits per heavy atom. The SMILES string of the molecule is CCCOc1ccc(N)c(C(C)N)c1. The Hall–Kier alpha value is -1.22. The fourth-order valence-corrected chi connectivity index (χ4v) is 1.26. The fraction of sp³-hybridized carbons (Fsp3) is 0.455. The van der Waals surface area contributed by atoms with E-state index in [0.29, 0.717) is 0 Å². The Morgan fingerprint density at radius 2 is 2.14 bits per heavy atom. The maximum Gasteiger partial charge on any atom is 0.119 e. The molecule has 0 aromatic heterocycles. The molecule has 3 heteroatoms. The normalized spacial score (nSPS) is 12.5. The highest BCUT2D eigenvalue weighted by atomic mass is 16.5. The van der Waals surface area contributed by atoms with Gasteiger partial charge in [0.2, 0.25) is 0 Å². The van der Waals surface area contributed by atoms with Crippen LogP contribution in [0.4, 0.5) is 5.69 Å². The maximum atomic E-state index is 5.78. The lowest BCUT2D eigenvalue weighted by Crippen LogP contribution is -2.08. The molecule has 0 spiro atoms. The van der Waals surface area contributed by atoms with E-state index in [-0.39, 0.29) is 6.04 Å². The Bertz CT molecular complexity index is 297. The number of benzene rings is 1. The average molecular weight is 194 g/mol. The molecule has 0 saturated carbocycles. The summed E-state index contributed by atoms with van der Waals surface area (Å²) in [6.07, 6.45) is 0.998. The van der Waals surface area contributed by atoms with Crippen molar-refractivity contribution < 1.29 is 4.74 Å². The standard InChI is InChI=1S/C11H18N2O/c1-3-6-14-9-4-5-11(13)10(7-9)8(2)12/h4-5,7-8H,3,6,12-13H2,1-2H3. The van der Waals surface area contributed by atoms with Crippen molar-refractivity contribution >= 4 is 5.69 Å². The maximum absolute atomic E-state index is 5.78. The zero-order valence-electron chi connectivity index (χ0n) is 8.79. The van der Waals surface area contributed by atoms with Crippen LogP contribution in [0.25, 0.3) is 0 Å². The van der Waals surface area contributed by atoms with Gasteiger partial charge >= 0.3 is 0 Å². The third kappa shape index (κ3) is 2.64. The monoisotopic (exact) mass is 194 g/mol. The van der Waals surface area contributed by atoms with Crippen molar-refractivity contribution in [2.45, 2.75) is 26.3 Å². The molecule has 0 aliphatic heterocycles. The Kier molecular flexibility index (Phi) is 3.77. The molecular formula is C11H18N2O. The van der Waals surface area contributed by atoms with Crippen molar-refractivity contribution in [2.24, 2.45) is 5.73 Å².